The fraction of sp³-hybridized carbons (Fsp3) is 0.381. The van der Waals surface area contributed by atoms with Gasteiger partial charge in [0.1, 0.15) is 5.75 Å². The van der Waals surface area contributed by atoms with Gasteiger partial charge in [-0.25, -0.2) is 0 Å². The zero-order chi connectivity index (χ0) is 16.9. The van der Waals surface area contributed by atoms with E-state index in [4.69, 9.17) is 4.74 Å². The summed E-state index contributed by atoms with van der Waals surface area (Å²) in [5, 5.41) is 0. The summed E-state index contributed by atoms with van der Waals surface area (Å²) in [5.41, 5.74) is 3.45. The quantitative estimate of drug-likeness (QED) is 0.557. The molecule has 2 aromatic rings. The van der Waals surface area contributed by atoms with Gasteiger partial charge >= 0.3 is 0 Å². The molecule has 124 valence electrons. The van der Waals surface area contributed by atoms with Gasteiger partial charge in [0, 0.05) is 6.21 Å². The highest BCUT2D eigenvalue weighted by Crippen LogP contribution is 2.16. The van der Waals surface area contributed by atoms with E-state index in [1.54, 1.807) is 0 Å². The normalized spacial score (nSPS) is 10.3. The summed E-state index contributed by atoms with van der Waals surface area (Å²) in [4.78, 5) is 4.51. The number of rotatable bonds is 7. The van der Waals surface area contributed by atoms with Crippen molar-refractivity contribution in [2.24, 2.45) is 4.99 Å². The van der Waals surface area contributed by atoms with Crippen molar-refractivity contribution in [2.75, 3.05) is 6.61 Å². The lowest BCUT2D eigenvalue weighted by molar-refractivity contribution is 0.340. The Morgan fingerprint density at radius 2 is 1.57 bits per heavy atom. The van der Waals surface area contributed by atoms with Crippen molar-refractivity contribution in [3.63, 3.8) is 0 Å². The average Bonchev–Trinajstić information content (AvgIpc) is 2.62. The summed E-state index contributed by atoms with van der Waals surface area (Å²) in [6.07, 6.45) is 5.52. The molecular formula is C21H29NO. The molecule has 2 nitrogen and oxygen atoms in total. The molecule has 0 aromatic heterocycles. The second-order valence-electron chi connectivity index (χ2n) is 5.03. The highest BCUT2D eigenvalue weighted by molar-refractivity contribution is 5.82. The van der Waals surface area contributed by atoms with Crippen LogP contribution in [0.4, 0.5) is 5.69 Å². The highest BCUT2D eigenvalue weighted by atomic mass is 16.5. The molecule has 23 heavy (non-hydrogen) atoms. The van der Waals surface area contributed by atoms with Crippen molar-refractivity contribution in [3.05, 3.63) is 59.7 Å². The fourth-order valence-corrected chi connectivity index (χ4v) is 2.10. The number of hydrogen-bond donors (Lipinski definition) is 0. The minimum atomic E-state index is 0.692. The summed E-state index contributed by atoms with van der Waals surface area (Å²) < 4.78 is 5.42. The second-order valence-corrected chi connectivity index (χ2v) is 5.03. The van der Waals surface area contributed by atoms with E-state index in [0.717, 1.165) is 23.4 Å². The SMILES string of the molecule is CC.CCCCc1ccc(N=Cc2ccc(OCC)cc2)cc1. The smallest absolute Gasteiger partial charge is 0.119 e. The van der Waals surface area contributed by atoms with Gasteiger partial charge in [-0.15, -0.1) is 0 Å². The number of aliphatic imine (C=N–C) groups is 1. The van der Waals surface area contributed by atoms with Crippen molar-refractivity contribution >= 4 is 11.9 Å². The molecule has 0 saturated carbocycles. The topological polar surface area (TPSA) is 21.6 Å². The van der Waals surface area contributed by atoms with E-state index in [0.29, 0.717) is 6.61 Å². The molecule has 2 heteroatoms. The summed E-state index contributed by atoms with van der Waals surface area (Å²) in [6, 6.07) is 16.5. The third kappa shape index (κ3) is 7.14. The van der Waals surface area contributed by atoms with E-state index >= 15 is 0 Å². The fourth-order valence-electron chi connectivity index (χ4n) is 2.10. The third-order valence-corrected chi connectivity index (χ3v) is 3.31. The van der Waals surface area contributed by atoms with E-state index in [2.05, 4.69) is 36.2 Å². The molecule has 0 fully saturated rings. The molecular weight excluding hydrogens is 282 g/mol. The van der Waals surface area contributed by atoms with Crippen LogP contribution >= 0.6 is 0 Å². The molecule has 0 radical (unpaired) electrons. The lowest BCUT2D eigenvalue weighted by Crippen LogP contribution is -1.91. The van der Waals surface area contributed by atoms with Crippen LogP contribution in [0, 0.1) is 0 Å². The molecule has 0 N–H and O–H groups in total. The van der Waals surface area contributed by atoms with Gasteiger partial charge in [-0.2, -0.15) is 0 Å². The maximum atomic E-state index is 5.42. The molecule has 0 aliphatic heterocycles. The van der Waals surface area contributed by atoms with Crippen LogP contribution < -0.4 is 4.74 Å². The van der Waals surface area contributed by atoms with E-state index < -0.39 is 0 Å². The molecule has 0 heterocycles. The summed E-state index contributed by atoms with van der Waals surface area (Å²) in [6.45, 7) is 8.90. The lowest BCUT2D eigenvalue weighted by atomic mass is 10.1. The van der Waals surface area contributed by atoms with Gasteiger partial charge in [0.05, 0.1) is 12.3 Å². The van der Waals surface area contributed by atoms with Gasteiger partial charge in [-0.1, -0.05) is 39.3 Å². The summed E-state index contributed by atoms with van der Waals surface area (Å²) in [7, 11) is 0. The Labute approximate surface area is 141 Å². The van der Waals surface area contributed by atoms with Crippen LogP contribution in [-0.2, 0) is 6.42 Å². The zero-order valence-electron chi connectivity index (χ0n) is 14.9. The van der Waals surface area contributed by atoms with Crippen LogP contribution in [0.1, 0.15) is 51.7 Å². The number of ether oxygens (including phenoxy) is 1. The van der Waals surface area contributed by atoms with Crippen molar-refractivity contribution in [1.29, 1.82) is 0 Å². The highest BCUT2D eigenvalue weighted by Gasteiger charge is 1.94. The Hall–Kier alpha value is -2.09. The Bertz CT molecular complexity index is 555. The maximum Gasteiger partial charge on any atom is 0.119 e. The Balaban J connectivity index is 0.00000127. The van der Waals surface area contributed by atoms with Gasteiger partial charge < -0.3 is 4.74 Å². The van der Waals surface area contributed by atoms with Gasteiger partial charge in [-0.3, -0.25) is 4.99 Å². The van der Waals surface area contributed by atoms with Crippen LogP contribution in [0.2, 0.25) is 0 Å². The summed E-state index contributed by atoms with van der Waals surface area (Å²) >= 11 is 0. The Kier molecular flexibility index (Phi) is 9.46. The molecule has 2 rings (SSSR count). The van der Waals surface area contributed by atoms with E-state index in [-0.39, 0.29) is 0 Å². The standard InChI is InChI=1S/C19H23NO.C2H6/c1-3-5-6-16-7-11-18(12-8-16)20-15-17-9-13-19(14-10-17)21-4-2;1-2/h7-15H,3-6H2,1-2H3;1-2H3. The van der Waals surface area contributed by atoms with Crippen LogP contribution in [0.25, 0.3) is 0 Å². The second kappa shape index (κ2) is 11.5. The van der Waals surface area contributed by atoms with Crippen LogP contribution in [0.3, 0.4) is 0 Å². The molecule has 0 atom stereocenters. The first-order valence-corrected chi connectivity index (χ1v) is 8.67. The Morgan fingerprint density at radius 1 is 0.913 bits per heavy atom. The monoisotopic (exact) mass is 311 g/mol. The van der Waals surface area contributed by atoms with E-state index in [1.807, 2.05) is 51.3 Å². The van der Waals surface area contributed by atoms with Gasteiger partial charge in [-0.05, 0) is 67.3 Å². The van der Waals surface area contributed by atoms with Crippen LogP contribution in [-0.4, -0.2) is 12.8 Å². The number of unbranched alkanes of at least 4 members (excludes halogenated alkanes) is 1. The van der Waals surface area contributed by atoms with Crippen molar-refractivity contribution in [1.82, 2.24) is 0 Å². The molecule has 0 aliphatic carbocycles. The maximum absolute atomic E-state index is 5.42. The lowest BCUT2D eigenvalue weighted by Gasteiger charge is -2.02. The first-order chi connectivity index (χ1) is 11.3. The molecule has 0 bridgehead atoms. The average molecular weight is 311 g/mol. The predicted molar refractivity (Wildman–Crippen MR) is 101 cm³/mol. The van der Waals surface area contributed by atoms with Gasteiger partial charge in [0.25, 0.3) is 0 Å². The molecule has 0 spiro atoms. The van der Waals surface area contributed by atoms with Crippen molar-refractivity contribution in [3.8, 4) is 5.75 Å². The zero-order valence-corrected chi connectivity index (χ0v) is 14.9. The molecule has 0 aliphatic rings. The van der Waals surface area contributed by atoms with Crippen molar-refractivity contribution < 1.29 is 4.74 Å². The minimum Gasteiger partial charge on any atom is -0.494 e. The number of nitrogens with zero attached hydrogens (tertiary/aromatic N) is 1. The van der Waals surface area contributed by atoms with Gasteiger partial charge in [0.2, 0.25) is 0 Å². The van der Waals surface area contributed by atoms with E-state index in [9.17, 15) is 0 Å². The first kappa shape index (κ1) is 19.0. The van der Waals surface area contributed by atoms with Crippen LogP contribution in [0.15, 0.2) is 53.5 Å². The van der Waals surface area contributed by atoms with Crippen molar-refractivity contribution in [2.45, 2.75) is 47.0 Å². The molecule has 0 unspecified atom stereocenters. The van der Waals surface area contributed by atoms with E-state index in [1.165, 1.54) is 18.4 Å². The molecule has 2 aromatic carbocycles. The Morgan fingerprint density at radius 3 is 2.13 bits per heavy atom. The van der Waals surface area contributed by atoms with Crippen LogP contribution in [0.5, 0.6) is 5.75 Å². The van der Waals surface area contributed by atoms with Gasteiger partial charge in [0.15, 0.2) is 0 Å². The minimum absolute atomic E-state index is 0.692. The largest absolute Gasteiger partial charge is 0.494 e. The molecule has 0 amide bonds. The summed E-state index contributed by atoms with van der Waals surface area (Å²) in [5.74, 6) is 0.898. The number of aryl methyl sites for hydroxylation is 1. The third-order valence-electron chi connectivity index (χ3n) is 3.31. The number of hydrogen-bond acceptors (Lipinski definition) is 2. The predicted octanol–water partition coefficient (Wildman–Crippen LogP) is 6.20. The first-order valence-electron chi connectivity index (χ1n) is 8.67. The molecule has 0 saturated heterocycles. The number of benzene rings is 2.